The van der Waals surface area contributed by atoms with Gasteiger partial charge in [-0.2, -0.15) is 0 Å². The van der Waals surface area contributed by atoms with Crippen LogP contribution in [0.2, 0.25) is 0 Å². The Hall–Kier alpha value is -4.40. The van der Waals surface area contributed by atoms with Gasteiger partial charge in [0.15, 0.2) is 23.0 Å². The smallest absolute Gasteiger partial charge is 0.204 e. The quantitative estimate of drug-likeness (QED) is 0.271. The fourth-order valence-electron chi connectivity index (χ4n) is 7.15. The number of nitrogens with zero attached hydrogens (tertiary/aromatic N) is 2. The summed E-state index contributed by atoms with van der Waals surface area (Å²) in [6, 6.07) is 20.6. The zero-order valence-electron chi connectivity index (χ0n) is 26.6. The van der Waals surface area contributed by atoms with E-state index in [1.165, 1.54) is 5.56 Å². The van der Waals surface area contributed by atoms with Crippen LogP contribution in [0.3, 0.4) is 0 Å². The molecule has 6 aliphatic rings. The molecule has 0 aliphatic carbocycles. The highest BCUT2D eigenvalue weighted by molar-refractivity contribution is 5.63. The van der Waals surface area contributed by atoms with Gasteiger partial charge < -0.3 is 28.8 Å². The highest BCUT2D eigenvalue weighted by atomic mass is 16.5. The summed E-state index contributed by atoms with van der Waals surface area (Å²) in [5, 5.41) is 11.4. The van der Waals surface area contributed by atoms with Crippen LogP contribution in [-0.4, -0.2) is 63.4 Å². The van der Waals surface area contributed by atoms with Crippen molar-refractivity contribution in [2.24, 2.45) is 0 Å². The number of likely N-dealkylation sites (N-methyl/N-ethyl adjacent to an activating group) is 2. The van der Waals surface area contributed by atoms with Crippen molar-refractivity contribution in [2.75, 3.05) is 48.5 Å². The van der Waals surface area contributed by atoms with Gasteiger partial charge in [0.1, 0.15) is 11.5 Å². The van der Waals surface area contributed by atoms with E-state index >= 15 is 0 Å². The molecule has 8 heteroatoms. The number of rotatable bonds is 3. The molecule has 1 N–H and O–H groups in total. The van der Waals surface area contributed by atoms with Crippen molar-refractivity contribution in [1.82, 2.24) is 9.80 Å². The molecule has 234 valence electrons. The van der Waals surface area contributed by atoms with Crippen LogP contribution in [0.25, 0.3) is 0 Å². The van der Waals surface area contributed by atoms with E-state index in [0.29, 0.717) is 34.5 Å². The molecule has 45 heavy (non-hydrogen) atoms. The molecule has 0 amide bonds. The second-order valence-electron chi connectivity index (χ2n) is 12.2. The fraction of sp³-hybridized carbons (Fsp3) is 0.351. The van der Waals surface area contributed by atoms with E-state index in [2.05, 4.69) is 54.2 Å². The summed E-state index contributed by atoms with van der Waals surface area (Å²) in [5.41, 5.74) is 6.75. The lowest BCUT2D eigenvalue weighted by molar-refractivity contribution is 0.221. The number of hydrogen-bond acceptors (Lipinski definition) is 8. The maximum atomic E-state index is 11.4. The predicted molar refractivity (Wildman–Crippen MR) is 173 cm³/mol. The van der Waals surface area contributed by atoms with Gasteiger partial charge in [-0.25, -0.2) is 0 Å². The van der Waals surface area contributed by atoms with Crippen LogP contribution in [0.4, 0.5) is 0 Å². The summed E-state index contributed by atoms with van der Waals surface area (Å²) in [4.78, 5) is 4.71. The normalized spacial score (nSPS) is 19.4. The maximum Gasteiger partial charge on any atom is 0.204 e. The molecule has 0 aromatic heterocycles. The van der Waals surface area contributed by atoms with E-state index in [4.69, 9.17) is 23.7 Å². The second-order valence-corrected chi connectivity index (χ2v) is 12.2. The van der Waals surface area contributed by atoms with Gasteiger partial charge in [-0.1, -0.05) is 24.3 Å². The van der Waals surface area contributed by atoms with Crippen LogP contribution in [0.1, 0.15) is 45.5 Å². The minimum atomic E-state index is -0.00715. The van der Waals surface area contributed by atoms with Gasteiger partial charge in [-0.05, 0) is 98.4 Å². The van der Waals surface area contributed by atoms with Gasteiger partial charge in [0.2, 0.25) is 11.5 Å². The first-order valence-electron chi connectivity index (χ1n) is 15.5. The number of ether oxygens (including phenoxy) is 5. The molecule has 0 fully saturated rings. The lowest BCUT2D eigenvalue weighted by Gasteiger charge is -2.37. The Morgan fingerprint density at radius 1 is 0.644 bits per heavy atom. The third-order valence-electron chi connectivity index (χ3n) is 9.66. The molecule has 0 spiro atoms. The topological polar surface area (TPSA) is 72.9 Å². The Morgan fingerprint density at radius 2 is 1.11 bits per heavy atom. The first-order valence-corrected chi connectivity index (χ1v) is 15.5. The Balaban J connectivity index is 1.40. The molecule has 6 aliphatic heterocycles. The standard InChI is InChI=1S/C37H40N2O6/c1-38-16-14-24-20-30(41-3)34(40)36-32(24)28(38)18-22-8-12-27(13-9-22)45-37-33-25(21-31(42-4)35(37)43-5)15-17-39(2)29(33)19-23-6-10-26(44-36)11-7-23/h6-13,20-21,28-29,40H,14-19H2,1-5H3/t28-,29-/m1/s1. The molecule has 2 atom stereocenters. The number of phenols is 1. The third-order valence-corrected chi connectivity index (χ3v) is 9.66. The summed E-state index contributed by atoms with van der Waals surface area (Å²) >= 11 is 0. The van der Waals surface area contributed by atoms with Crippen LogP contribution in [0.15, 0.2) is 60.7 Å². The van der Waals surface area contributed by atoms with E-state index in [0.717, 1.165) is 72.3 Å². The largest absolute Gasteiger partial charge is 0.502 e. The van der Waals surface area contributed by atoms with Gasteiger partial charge in [-0.15, -0.1) is 0 Å². The highest BCUT2D eigenvalue weighted by Gasteiger charge is 2.34. The molecule has 6 heterocycles. The Labute approximate surface area is 264 Å². The van der Waals surface area contributed by atoms with Gasteiger partial charge in [-0.3, -0.25) is 9.80 Å². The molecule has 4 aromatic rings. The minimum Gasteiger partial charge on any atom is -0.502 e. The van der Waals surface area contributed by atoms with Gasteiger partial charge in [0.05, 0.1) is 21.3 Å². The number of phenolic OH excluding ortho intramolecular Hbond substituents is 1. The van der Waals surface area contributed by atoms with Crippen LogP contribution in [0, 0.1) is 0 Å². The molecule has 0 unspecified atom stereocenters. The number of benzene rings is 4. The second kappa shape index (κ2) is 11.8. The molecule has 0 saturated heterocycles. The third kappa shape index (κ3) is 5.22. The average Bonchev–Trinajstić information content (AvgIpc) is 3.05. The Bertz CT molecular complexity index is 1720. The first kappa shape index (κ1) is 29.3. The minimum absolute atomic E-state index is 0.00715. The lowest BCUT2D eigenvalue weighted by Crippen LogP contribution is -2.34. The Kier molecular flexibility index (Phi) is 7.71. The molecule has 0 saturated carbocycles. The van der Waals surface area contributed by atoms with E-state index in [1.807, 2.05) is 30.3 Å². The highest BCUT2D eigenvalue weighted by Crippen LogP contribution is 2.51. The fourth-order valence-corrected chi connectivity index (χ4v) is 7.15. The summed E-state index contributed by atoms with van der Waals surface area (Å²) in [5.74, 6) is 4.27. The van der Waals surface area contributed by atoms with Crippen molar-refractivity contribution in [3.05, 3.63) is 94.0 Å². The van der Waals surface area contributed by atoms with Crippen LogP contribution in [0.5, 0.6) is 46.0 Å². The van der Waals surface area contributed by atoms with Crippen molar-refractivity contribution in [1.29, 1.82) is 0 Å². The molecular formula is C37H40N2O6. The maximum absolute atomic E-state index is 11.4. The molecule has 4 bridgehead atoms. The molecule has 8 nitrogen and oxygen atoms in total. The first-order chi connectivity index (χ1) is 21.9. The summed E-state index contributed by atoms with van der Waals surface area (Å²) in [7, 11) is 9.21. The van der Waals surface area contributed by atoms with Crippen molar-refractivity contribution >= 4 is 0 Å². The van der Waals surface area contributed by atoms with Crippen molar-refractivity contribution in [3.63, 3.8) is 0 Å². The monoisotopic (exact) mass is 608 g/mol. The van der Waals surface area contributed by atoms with Crippen molar-refractivity contribution in [3.8, 4) is 46.0 Å². The SMILES string of the molecule is COc1cc2c3c(c1O)Oc1ccc(cc1)C[C@@H]1c4c(cc(OC)c(OC)c4Oc4ccc(cc4)C[C@H]3N(C)CC2)CCN1C. The van der Waals surface area contributed by atoms with E-state index in [-0.39, 0.29) is 17.8 Å². The summed E-state index contributed by atoms with van der Waals surface area (Å²) in [6.07, 6.45) is 3.22. The van der Waals surface area contributed by atoms with E-state index < -0.39 is 0 Å². The zero-order chi connectivity index (χ0) is 31.2. The lowest BCUT2D eigenvalue weighted by atomic mass is 9.87. The van der Waals surface area contributed by atoms with Crippen LogP contribution >= 0.6 is 0 Å². The molecule has 10 rings (SSSR count). The summed E-state index contributed by atoms with van der Waals surface area (Å²) in [6.45, 7) is 1.80. The molecule has 0 radical (unpaired) electrons. The number of methoxy groups -OCH3 is 3. The van der Waals surface area contributed by atoms with E-state index in [9.17, 15) is 5.11 Å². The Morgan fingerprint density at radius 3 is 1.60 bits per heavy atom. The molecular weight excluding hydrogens is 568 g/mol. The summed E-state index contributed by atoms with van der Waals surface area (Å²) < 4.78 is 30.6. The number of aromatic hydroxyl groups is 1. The van der Waals surface area contributed by atoms with Crippen LogP contribution < -0.4 is 23.7 Å². The predicted octanol–water partition coefficient (Wildman–Crippen LogP) is 6.86. The molecule has 4 aromatic carbocycles. The zero-order valence-corrected chi connectivity index (χ0v) is 26.6. The van der Waals surface area contributed by atoms with Gasteiger partial charge >= 0.3 is 0 Å². The number of hydrogen-bond donors (Lipinski definition) is 1. The van der Waals surface area contributed by atoms with Gasteiger partial charge in [0, 0.05) is 36.3 Å². The van der Waals surface area contributed by atoms with Gasteiger partial charge in [0.25, 0.3) is 0 Å². The van der Waals surface area contributed by atoms with Crippen molar-refractivity contribution < 1.29 is 28.8 Å². The van der Waals surface area contributed by atoms with E-state index in [1.54, 1.807) is 21.3 Å². The van der Waals surface area contributed by atoms with Crippen molar-refractivity contribution in [2.45, 2.75) is 37.8 Å². The van der Waals surface area contributed by atoms with Crippen LogP contribution in [-0.2, 0) is 25.7 Å². The average molecular weight is 609 g/mol.